The number of aromatic nitrogens is 4. The molecule has 3 heterocycles. The molecule has 2 aromatic rings. The van der Waals surface area contributed by atoms with Gasteiger partial charge in [-0.15, -0.1) is 0 Å². The van der Waals surface area contributed by atoms with E-state index in [1.165, 1.54) is 24.1 Å². The zero-order valence-corrected chi connectivity index (χ0v) is 13.7. The predicted octanol–water partition coefficient (Wildman–Crippen LogP) is 2.13. The van der Waals surface area contributed by atoms with Crippen LogP contribution in [0.3, 0.4) is 0 Å². The van der Waals surface area contributed by atoms with Crippen LogP contribution < -0.4 is 9.80 Å². The molecule has 0 bridgehead atoms. The first kappa shape index (κ1) is 14.6. The van der Waals surface area contributed by atoms with Crippen molar-refractivity contribution >= 4 is 23.4 Å². The predicted molar refractivity (Wildman–Crippen MR) is 90.1 cm³/mol. The first-order valence-electron chi connectivity index (χ1n) is 8.11. The van der Waals surface area contributed by atoms with Gasteiger partial charge in [0.15, 0.2) is 0 Å². The topological polar surface area (TPSA) is 58.0 Å². The van der Waals surface area contributed by atoms with E-state index in [0.29, 0.717) is 5.02 Å². The monoisotopic (exact) mass is 330 g/mol. The average molecular weight is 331 g/mol. The third kappa shape index (κ3) is 2.95. The zero-order valence-electron chi connectivity index (χ0n) is 13.0. The summed E-state index contributed by atoms with van der Waals surface area (Å²) in [5.41, 5.74) is 2.60. The van der Waals surface area contributed by atoms with E-state index in [1.807, 2.05) is 0 Å². The maximum Gasteiger partial charge on any atom is 0.225 e. The highest BCUT2D eigenvalue weighted by molar-refractivity contribution is 6.30. The third-order valence-electron chi connectivity index (χ3n) is 4.57. The molecule has 7 heteroatoms. The highest BCUT2D eigenvalue weighted by Crippen LogP contribution is 2.28. The molecule has 6 nitrogen and oxygen atoms in total. The quantitative estimate of drug-likeness (QED) is 0.840. The molecule has 0 atom stereocenters. The van der Waals surface area contributed by atoms with Gasteiger partial charge >= 0.3 is 0 Å². The zero-order chi connectivity index (χ0) is 15.6. The summed E-state index contributed by atoms with van der Waals surface area (Å²) in [4.78, 5) is 22.2. The summed E-state index contributed by atoms with van der Waals surface area (Å²) < 4.78 is 0. The first-order valence-corrected chi connectivity index (χ1v) is 8.49. The van der Waals surface area contributed by atoms with Crippen molar-refractivity contribution in [3.05, 3.63) is 35.0 Å². The Hall–Kier alpha value is -1.95. The lowest BCUT2D eigenvalue weighted by Crippen LogP contribution is -2.47. The van der Waals surface area contributed by atoms with E-state index >= 15 is 0 Å². The molecule has 120 valence electrons. The second-order valence-electron chi connectivity index (χ2n) is 6.01. The fraction of sp³-hybridized carbons (Fsp3) is 0.500. The molecule has 0 spiro atoms. The molecule has 0 amide bonds. The Morgan fingerprint density at radius 3 is 2.30 bits per heavy atom. The Balaban J connectivity index is 1.49. The van der Waals surface area contributed by atoms with E-state index in [4.69, 9.17) is 11.6 Å². The normalized spacial score (nSPS) is 18.0. The Bertz CT molecular complexity index is 681. The molecule has 23 heavy (non-hydrogen) atoms. The van der Waals surface area contributed by atoms with Gasteiger partial charge in [-0.1, -0.05) is 11.6 Å². The highest BCUT2D eigenvalue weighted by atomic mass is 35.5. The molecule has 2 aromatic heterocycles. The van der Waals surface area contributed by atoms with Crippen LogP contribution >= 0.6 is 11.6 Å². The SMILES string of the molecule is Clc1cnc(N2CCN(c3ncnc4c3CCCC4)CC2)nc1. The van der Waals surface area contributed by atoms with Crippen molar-refractivity contribution in [3.63, 3.8) is 0 Å². The van der Waals surface area contributed by atoms with Crippen molar-refractivity contribution in [2.75, 3.05) is 36.0 Å². The highest BCUT2D eigenvalue weighted by Gasteiger charge is 2.24. The molecule has 4 rings (SSSR count). The fourth-order valence-electron chi connectivity index (χ4n) is 3.36. The molecular weight excluding hydrogens is 312 g/mol. The number of rotatable bonds is 2. The number of anilines is 2. The number of aryl methyl sites for hydroxylation is 1. The maximum atomic E-state index is 5.86. The van der Waals surface area contributed by atoms with Crippen molar-refractivity contribution in [2.24, 2.45) is 0 Å². The van der Waals surface area contributed by atoms with Crippen LogP contribution in [0.5, 0.6) is 0 Å². The van der Waals surface area contributed by atoms with E-state index in [1.54, 1.807) is 18.7 Å². The molecule has 0 unspecified atom stereocenters. The second-order valence-corrected chi connectivity index (χ2v) is 6.44. The molecule has 1 aliphatic carbocycles. The first-order chi connectivity index (χ1) is 11.3. The minimum absolute atomic E-state index is 0.569. The van der Waals surface area contributed by atoms with Gasteiger partial charge in [0.05, 0.1) is 17.4 Å². The van der Waals surface area contributed by atoms with Gasteiger partial charge < -0.3 is 9.80 Å². The van der Waals surface area contributed by atoms with Crippen LogP contribution in [0.4, 0.5) is 11.8 Å². The number of halogens is 1. The van der Waals surface area contributed by atoms with E-state index in [9.17, 15) is 0 Å². The molecule has 2 aliphatic rings. The van der Waals surface area contributed by atoms with Crippen LogP contribution in [0.2, 0.25) is 5.02 Å². The Kier molecular flexibility index (Phi) is 3.99. The van der Waals surface area contributed by atoms with Crippen molar-refractivity contribution in [1.29, 1.82) is 0 Å². The van der Waals surface area contributed by atoms with E-state index < -0.39 is 0 Å². The lowest BCUT2D eigenvalue weighted by molar-refractivity contribution is 0.616. The number of nitrogens with zero attached hydrogens (tertiary/aromatic N) is 6. The molecule has 0 N–H and O–H groups in total. The Morgan fingerprint density at radius 2 is 1.52 bits per heavy atom. The maximum absolute atomic E-state index is 5.86. The summed E-state index contributed by atoms with van der Waals surface area (Å²) in [5.74, 6) is 1.88. The lowest BCUT2D eigenvalue weighted by Gasteiger charge is -2.36. The van der Waals surface area contributed by atoms with Crippen molar-refractivity contribution in [3.8, 4) is 0 Å². The summed E-state index contributed by atoms with van der Waals surface area (Å²) in [6.45, 7) is 3.63. The summed E-state index contributed by atoms with van der Waals surface area (Å²) in [6.07, 6.45) is 9.69. The number of fused-ring (bicyclic) bond motifs is 1. The molecular formula is C16H19ClN6. The molecule has 1 fully saturated rings. The second kappa shape index (κ2) is 6.28. The molecule has 1 saturated heterocycles. The molecule has 0 saturated carbocycles. The van der Waals surface area contributed by atoms with Gasteiger partial charge in [-0.05, 0) is 25.7 Å². The van der Waals surface area contributed by atoms with Gasteiger partial charge in [-0.25, -0.2) is 19.9 Å². The lowest BCUT2D eigenvalue weighted by atomic mass is 9.96. The number of hydrogen-bond acceptors (Lipinski definition) is 6. The summed E-state index contributed by atoms with van der Waals surface area (Å²) in [6, 6.07) is 0. The minimum atomic E-state index is 0.569. The van der Waals surface area contributed by atoms with Gasteiger partial charge in [-0.2, -0.15) is 0 Å². The van der Waals surface area contributed by atoms with E-state index in [2.05, 4.69) is 29.7 Å². The number of piperazine rings is 1. The minimum Gasteiger partial charge on any atom is -0.353 e. The smallest absolute Gasteiger partial charge is 0.225 e. The van der Waals surface area contributed by atoms with Crippen LogP contribution in [-0.4, -0.2) is 46.1 Å². The molecule has 0 aromatic carbocycles. The Morgan fingerprint density at radius 1 is 0.826 bits per heavy atom. The van der Waals surface area contributed by atoms with Gasteiger partial charge in [-0.3, -0.25) is 0 Å². The van der Waals surface area contributed by atoms with Crippen LogP contribution in [0.1, 0.15) is 24.1 Å². The third-order valence-corrected chi connectivity index (χ3v) is 4.77. The van der Waals surface area contributed by atoms with Crippen LogP contribution in [0, 0.1) is 0 Å². The van der Waals surface area contributed by atoms with Gasteiger partial charge in [0.2, 0.25) is 5.95 Å². The molecule has 0 radical (unpaired) electrons. The van der Waals surface area contributed by atoms with Crippen molar-refractivity contribution < 1.29 is 0 Å². The largest absolute Gasteiger partial charge is 0.353 e. The van der Waals surface area contributed by atoms with E-state index in [0.717, 1.165) is 50.8 Å². The number of hydrogen-bond donors (Lipinski definition) is 0. The standard InChI is InChI=1S/C16H19ClN6/c17-12-9-18-16(19-10-12)23-7-5-22(6-8-23)15-13-3-1-2-4-14(13)20-11-21-15/h9-11H,1-8H2. The van der Waals surface area contributed by atoms with Gasteiger partial charge in [0.25, 0.3) is 0 Å². The molecule has 1 aliphatic heterocycles. The Labute approximate surface area is 140 Å². The fourth-order valence-corrected chi connectivity index (χ4v) is 3.46. The van der Waals surface area contributed by atoms with Gasteiger partial charge in [0, 0.05) is 37.4 Å². The van der Waals surface area contributed by atoms with Crippen molar-refractivity contribution in [1.82, 2.24) is 19.9 Å². The van der Waals surface area contributed by atoms with E-state index in [-0.39, 0.29) is 0 Å². The summed E-state index contributed by atoms with van der Waals surface area (Å²) >= 11 is 5.86. The summed E-state index contributed by atoms with van der Waals surface area (Å²) in [7, 11) is 0. The van der Waals surface area contributed by atoms with Crippen LogP contribution in [0.15, 0.2) is 18.7 Å². The van der Waals surface area contributed by atoms with Gasteiger partial charge in [0.1, 0.15) is 12.1 Å². The van der Waals surface area contributed by atoms with Crippen LogP contribution in [-0.2, 0) is 12.8 Å². The van der Waals surface area contributed by atoms with Crippen LogP contribution in [0.25, 0.3) is 0 Å². The summed E-state index contributed by atoms with van der Waals surface area (Å²) in [5, 5.41) is 0.569. The average Bonchev–Trinajstić information content (AvgIpc) is 2.62. The van der Waals surface area contributed by atoms with Crippen molar-refractivity contribution in [2.45, 2.75) is 25.7 Å².